The van der Waals surface area contributed by atoms with Crippen molar-refractivity contribution in [1.82, 2.24) is 9.80 Å². The van der Waals surface area contributed by atoms with Gasteiger partial charge in [0.15, 0.2) is 0 Å². The molecule has 0 bridgehead atoms. The van der Waals surface area contributed by atoms with E-state index in [2.05, 4.69) is 0 Å². The summed E-state index contributed by atoms with van der Waals surface area (Å²) in [5, 5.41) is 10.1. The number of nitrogens with zero attached hydrogens (tertiary/aromatic N) is 2. The predicted molar refractivity (Wildman–Crippen MR) is 85.3 cm³/mol. The van der Waals surface area contributed by atoms with Crippen molar-refractivity contribution in [3.05, 3.63) is 0 Å². The molecular formula is C15H34N2O5. The highest BCUT2D eigenvalue weighted by atomic mass is 16.7. The van der Waals surface area contributed by atoms with Crippen LogP contribution in [0.5, 0.6) is 0 Å². The van der Waals surface area contributed by atoms with Crippen LogP contribution >= 0.6 is 0 Å². The second-order valence-corrected chi connectivity index (χ2v) is 5.73. The van der Waals surface area contributed by atoms with Crippen molar-refractivity contribution < 1.29 is 24.1 Å². The summed E-state index contributed by atoms with van der Waals surface area (Å²) in [5.41, 5.74) is 0. The molecule has 22 heavy (non-hydrogen) atoms. The minimum atomic E-state index is -0.875. The molecule has 7 nitrogen and oxygen atoms in total. The molecule has 0 aliphatic rings. The first kappa shape index (κ1) is 21.7. The number of aliphatic hydroxyl groups excluding tert-OH is 1. The summed E-state index contributed by atoms with van der Waals surface area (Å²) in [5.74, 6) is -1.75. The molecule has 0 aliphatic heterocycles. The fraction of sp³-hybridized carbons (Fsp3) is 1.00. The maximum Gasteiger partial charge on any atom is 0.226 e. The molecule has 0 aromatic carbocycles. The van der Waals surface area contributed by atoms with Crippen LogP contribution in [0.4, 0.5) is 0 Å². The van der Waals surface area contributed by atoms with Crippen LogP contribution in [-0.4, -0.2) is 87.5 Å². The van der Waals surface area contributed by atoms with Crippen molar-refractivity contribution in [2.45, 2.75) is 45.6 Å². The summed E-state index contributed by atoms with van der Waals surface area (Å²) in [4.78, 5) is 3.63. The maximum atomic E-state index is 10.1. The van der Waals surface area contributed by atoms with Gasteiger partial charge in [-0.25, -0.2) is 0 Å². The molecule has 0 saturated heterocycles. The Morgan fingerprint density at radius 2 is 1.09 bits per heavy atom. The van der Waals surface area contributed by atoms with Crippen LogP contribution in [0.1, 0.15) is 27.7 Å². The molecule has 7 heteroatoms. The molecule has 0 radical (unpaired) electrons. The fourth-order valence-electron chi connectivity index (χ4n) is 1.69. The highest BCUT2D eigenvalue weighted by Gasteiger charge is 2.32. The van der Waals surface area contributed by atoms with Crippen LogP contribution in [0, 0.1) is 0 Å². The van der Waals surface area contributed by atoms with Gasteiger partial charge in [-0.15, -0.1) is 0 Å². The predicted octanol–water partition coefficient (Wildman–Crippen LogP) is 0.924. The first-order valence-corrected chi connectivity index (χ1v) is 7.70. The lowest BCUT2D eigenvalue weighted by Gasteiger charge is -2.37. The van der Waals surface area contributed by atoms with E-state index < -0.39 is 17.9 Å². The Morgan fingerprint density at radius 3 is 1.32 bits per heavy atom. The Bertz CT molecular complexity index is 276. The first-order chi connectivity index (χ1) is 10.1. The van der Waals surface area contributed by atoms with Gasteiger partial charge in [0.1, 0.15) is 6.10 Å². The second-order valence-electron chi connectivity index (χ2n) is 5.73. The molecule has 0 heterocycles. The van der Waals surface area contributed by atoms with E-state index in [1.807, 2.05) is 65.7 Å². The van der Waals surface area contributed by atoms with Crippen molar-refractivity contribution in [2.75, 3.05) is 54.6 Å². The molecule has 0 aromatic heterocycles. The summed E-state index contributed by atoms with van der Waals surface area (Å²) >= 11 is 0. The largest absolute Gasteiger partial charge is 0.388 e. The highest BCUT2D eigenvalue weighted by molar-refractivity contribution is 4.64. The van der Waals surface area contributed by atoms with Crippen LogP contribution in [0.2, 0.25) is 0 Å². The van der Waals surface area contributed by atoms with E-state index in [1.165, 1.54) is 0 Å². The average molecular weight is 322 g/mol. The van der Waals surface area contributed by atoms with Crippen molar-refractivity contribution in [3.8, 4) is 0 Å². The van der Waals surface area contributed by atoms with Gasteiger partial charge in [-0.2, -0.15) is 0 Å². The average Bonchev–Trinajstić information content (AvgIpc) is 2.43. The van der Waals surface area contributed by atoms with Crippen LogP contribution < -0.4 is 0 Å². The van der Waals surface area contributed by atoms with E-state index in [1.54, 1.807) is 0 Å². The summed E-state index contributed by atoms with van der Waals surface area (Å²) in [7, 11) is 7.43. The zero-order valence-corrected chi connectivity index (χ0v) is 15.4. The Hall–Kier alpha value is -0.280. The number of aliphatic hydroxyl groups is 1. The van der Waals surface area contributed by atoms with Crippen molar-refractivity contribution in [2.24, 2.45) is 0 Å². The molecule has 0 amide bonds. The summed E-state index contributed by atoms with van der Waals surface area (Å²) in [6.07, 6.45) is -0.778. The van der Waals surface area contributed by atoms with E-state index in [0.29, 0.717) is 13.2 Å². The minimum Gasteiger partial charge on any atom is -0.388 e. The summed E-state index contributed by atoms with van der Waals surface area (Å²) in [6, 6.07) is 0. The van der Waals surface area contributed by atoms with E-state index in [0.717, 1.165) is 0 Å². The monoisotopic (exact) mass is 322 g/mol. The van der Waals surface area contributed by atoms with Gasteiger partial charge in [-0.05, 0) is 42.0 Å². The quantitative estimate of drug-likeness (QED) is 0.536. The van der Waals surface area contributed by atoms with Gasteiger partial charge in [-0.3, -0.25) is 9.80 Å². The van der Waals surface area contributed by atoms with Crippen LogP contribution in [0.25, 0.3) is 0 Å². The molecule has 134 valence electrons. The number of hydrogen-bond donors (Lipinski definition) is 1. The lowest BCUT2D eigenvalue weighted by Crippen LogP contribution is -2.50. The topological polar surface area (TPSA) is 63.6 Å². The van der Waals surface area contributed by atoms with E-state index in [9.17, 15) is 5.11 Å². The first-order valence-electron chi connectivity index (χ1n) is 7.70. The highest BCUT2D eigenvalue weighted by Crippen LogP contribution is 2.18. The third-order valence-corrected chi connectivity index (χ3v) is 3.54. The Labute approximate surface area is 135 Å². The smallest absolute Gasteiger partial charge is 0.226 e. The molecular weight excluding hydrogens is 288 g/mol. The van der Waals surface area contributed by atoms with Crippen molar-refractivity contribution in [1.29, 1.82) is 0 Å². The Balaban J connectivity index is 4.41. The van der Waals surface area contributed by atoms with Crippen LogP contribution in [-0.2, 0) is 18.9 Å². The zero-order valence-electron chi connectivity index (χ0n) is 15.4. The maximum absolute atomic E-state index is 10.1. The standard InChI is InChI=1S/C15H34N2O5/c1-9-19-14(3,16(5)6)21-11-13(18)12-22-15(4,17(7)8)20-10-2/h13,18H,9-12H2,1-8H3. The van der Waals surface area contributed by atoms with Gasteiger partial charge in [0, 0.05) is 27.1 Å². The van der Waals surface area contributed by atoms with E-state index in [4.69, 9.17) is 18.9 Å². The van der Waals surface area contributed by atoms with Gasteiger partial charge >= 0.3 is 0 Å². The molecule has 2 unspecified atom stereocenters. The Kier molecular flexibility index (Phi) is 9.64. The van der Waals surface area contributed by atoms with Crippen LogP contribution in [0.15, 0.2) is 0 Å². The summed E-state index contributed by atoms with van der Waals surface area (Å²) < 4.78 is 22.6. The molecule has 0 rings (SSSR count). The normalized spacial score (nSPS) is 19.2. The molecule has 0 fully saturated rings. The van der Waals surface area contributed by atoms with Crippen LogP contribution in [0.3, 0.4) is 0 Å². The number of ether oxygens (including phenoxy) is 4. The minimum absolute atomic E-state index is 0.102. The third-order valence-electron chi connectivity index (χ3n) is 3.54. The van der Waals surface area contributed by atoms with Gasteiger partial charge < -0.3 is 24.1 Å². The molecule has 2 atom stereocenters. The molecule has 0 saturated carbocycles. The van der Waals surface area contributed by atoms with Gasteiger partial charge in [0.05, 0.1) is 13.2 Å². The molecule has 0 aromatic rings. The lowest BCUT2D eigenvalue weighted by atomic mass is 10.4. The van der Waals surface area contributed by atoms with Crippen molar-refractivity contribution in [3.63, 3.8) is 0 Å². The van der Waals surface area contributed by atoms with Gasteiger partial charge in [-0.1, -0.05) is 0 Å². The number of rotatable bonds is 12. The number of hydrogen-bond acceptors (Lipinski definition) is 7. The zero-order chi connectivity index (χ0) is 17.4. The fourth-order valence-corrected chi connectivity index (χ4v) is 1.69. The van der Waals surface area contributed by atoms with E-state index >= 15 is 0 Å². The third kappa shape index (κ3) is 6.87. The van der Waals surface area contributed by atoms with Gasteiger partial charge in [0.2, 0.25) is 11.8 Å². The van der Waals surface area contributed by atoms with E-state index in [-0.39, 0.29) is 13.2 Å². The molecule has 1 N–H and O–H groups in total. The summed E-state index contributed by atoms with van der Waals surface area (Å²) in [6.45, 7) is 8.66. The lowest BCUT2D eigenvalue weighted by molar-refractivity contribution is -0.317. The van der Waals surface area contributed by atoms with Gasteiger partial charge in [0.25, 0.3) is 0 Å². The molecule has 0 spiro atoms. The second kappa shape index (κ2) is 9.77. The van der Waals surface area contributed by atoms with Crippen molar-refractivity contribution >= 4 is 0 Å². The molecule has 0 aliphatic carbocycles. The Morgan fingerprint density at radius 1 is 0.773 bits per heavy atom. The SMILES string of the molecule is CCOC(C)(OCC(O)COC(C)(OCC)N(C)C)N(C)C.